The largest absolute Gasteiger partial charge is 0.271 e. The van der Waals surface area contributed by atoms with Gasteiger partial charge in [-0.2, -0.15) is 0 Å². The number of pyridine rings is 1. The molecule has 1 aromatic heterocycles. The minimum Gasteiger partial charge on any atom is -0.271 e. The first-order valence-corrected chi connectivity index (χ1v) is 6.14. The van der Waals surface area contributed by atoms with E-state index in [4.69, 9.17) is 5.84 Å². The number of rotatable bonds is 4. The zero-order chi connectivity index (χ0) is 10.6. The number of nitrogens with two attached hydrogens (primary N) is 1. The molecule has 0 amide bonds. The Morgan fingerprint density at radius 1 is 1.57 bits per heavy atom. The molecule has 1 heterocycles. The van der Waals surface area contributed by atoms with E-state index in [0.717, 1.165) is 0 Å². The van der Waals surface area contributed by atoms with Crippen LogP contribution in [0.25, 0.3) is 0 Å². The van der Waals surface area contributed by atoms with Gasteiger partial charge in [-0.05, 0) is 12.1 Å². The first-order chi connectivity index (χ1) is 6.53. The Bertz CT molecular complexity index is 377. The molecule has 1 atom stereocenters. The molecule has 0 saturated heterocycles. The number of hydrogen-bond acceptors (Lipinski definition) is 5. The summed E-state index contributed by atoms with van der Waals surface area (Å²) in [5, 5.41) is 0. The summed E-state index contributed by atoms with van der Waals surface area (Å²) in [6, 6.07) is 4.83. The fraction of sp³-hybridized carbons (Fsp3) is 0.375. The van der Waals surface area contributed by atoms with Crippen LogP contribution in [0, 0.1) is 0 Å². The van der Waals surface area contributed by atoms with E-state index in [1.807, 2.05) is 0 Å². The maximum atomic E-state index is 11.1. The molecule has 0 saturated carbocycles. The van der Waals surface area contributed by atoms with Gasteiger partial charge in [-0.1, -0.05) is 6.07 Å². The number of nitrogens with zero attached hydrogens (tertiary/aromatic N) is 1. The highest BCUT2D eigenvalue weighted by Gasteiger charge is 2.16. The first-order valence-electron chi connectivity index (χ1n) is 4.08. The molecule has 0 aliphatic carbocycles. The van der Waals surface area contributed by atoms with Crippen molar-refractivity contribution in [3.63, 3.8) is 0 Å². The third-order valence-corrected chi connectivity index (χ3v) is 2.65. The molecule has 0 radical (unpaired) electrons. The molecule has 0 fully saturated rings. The number of hydrazine groups is 1. The Kier molecular flexibility index (Phi) is 3.56. The summed E-state index contributed by atoms with van der Waals surface area (Å²) < 4.78 is 22.1. The first kappa shape index (κ1) is 11.1. The van der Waals surface area contributed by atoms with Crippen LogP contribution in [-0.2, 0) is 9.84 Å². The lowest BCUT2D eigenvalue weighted by Crippen LogP contribution is -2.33. The summed E-state index contributed by atoms with van der Waals surface area (Å²) in [7, 11) is -3.07. The monoisotopic (exact) mass is 215 g/mol. The van der Waals surface area contributed by atoms with Crippen LogP contribution in [0.5, 0.6) is 0 Å². The van der Waals surface area contributed by atoms with Crippen molar-refractivity contribution < 1.29 is 8.42 Å². The Hall–Kier alpha value is -0.980. The van der Waals surface area contributed by atoms with Gasteiger partial charge in [-0.25, -0.2) is 8.42 Å². The van der Waals surface area contributed by atoms with Crippen LogP contribution in [0.4, 0.5) is 0 Å². The molecule has 78 valence electrons. The van der Waals surface area contributed by atoms with E-state index in [-0.39, 0.29) is 5.75 Å². The van der Waals surface area contributed by atoms with E-state index in [1.54, 1.807) is 24.4 Å². The average Bonchev–Trinajstić information content (AvgIpc) is 2.14. The molecule has 0 bridgehead atoms. The van der Waals surface area contributed by atoms with Crippen molar-refractivity contribution in [3.8, 4) is 0 Å². The van der Waals surface area contributed by atoms with Gasteiger partial charge in [0, 0.05) is 12.5 Å². The zero-order valence-electron chi connectivity index (χ0n) is 7.84. The summed E-state index contributed by atoms with van der Waals surface area (Å²) in [5.41, 5.74) is 3.06. The van der Waals surface area contributed by atoms with Crippen LogP contribution in [0.15, 0.2) is 24.4 Å². The molecular formula is C8H13N3O2S. The molecule has 6 heteroatoms. The molecule has 14 heavy (non-hydrogen) atoms. The highest BCUT2D eigenvalue weighted by Crippen LogP contribution is 2.10. The van der Waals surface area contributed by atoms with Crippen LogP contribution in [0.3, 0.4) is 0 Å². The van der Waals surface area contributed by atoms with Crippen molar-refractivity contribution in [2.24, 2.45) is 5.84 Å². The maximum absolute atomic E-state index is 11.1. The smallest absolute Gasteiger partial charge is 0.149 e. The summed E-state index contributed by atoms with van der Waals surface area (Å²) in [4.78, 5) is 4.03. The Morgan fingerprint density at radius 3 is 2.71 bits per heavy atom. The van der Waals surface area contributed by atoms with Gasteiger partial charge < -0.3 is 0 Å². The van der Waals surface area contributed by atoms with Crippen LogP contribution >= 0.6 is 0 Å². The van der Waals surface area contributed by atoms with Crippen molar-refractivity contribution in [1.82, 2.24) is 10.4 Å². The van der Waals surface area contributed by atoms with Crippen LogP contribution in [-0.4, -0.2) is 25.4 Å². The topological polar surface area (TPSA) is 85.1 Å². The second-order valence-corrected chi connectivity index (χ2v) is 5.25. The van der Waals surface area contributed by atoms with E-state index in [9.17, 15) is 8.42 Å². The van der Waals surface area contributed by atoms with Gasteiger partial charge in [0.15, 0.2) is 0 Å². The molecule has 0 aliphatic rings. The van der Waals surface area contributed by atoms with Gasteiger partial charge in [0.25, 0.3) is 0 Å². The molecule has 0 aromatic carbocycles. The number of hydrogen-bond donors (Lipinski definition) is 2. The third-order valence-electron chi connectivity index (χ3n) is 1.72. The second-order valence-electron chi connectivity index (χ2n) is 3.07. The molecule has 1 rings (SSSR count). The maximum Gasteiger partial charge on any atom is 0.149 e. The van der Waals surface area contributed by atoms with E-state index < -0.39 is 15.9 Å². The third kappa shape index (κ3) is 3.41. The molecule has 3 N–H and O–H groups in total. The van der Waals surface area contributed by atoms with Gasteiger partial charge in [0.05, 0.1) is 17.5 Å². The average molecular weight is 215 g/mol. The highest BCUT2D eigenvalue weighted by molar-refractivity contribution is 7.90. The van der Waals surface area contributed by atoms with Crippen molar-refractivity contribution >= 4 is 9.84 Å². The normalized spacial score (nSPS) is 13.9. The van der Waals surface area contributed by atoms with Crippen molar-refractivity contribution in [2.45, 2.75) is 6.04 Å². The summed E-state index contributed by atoms with van der Waals surface area (Å²) in [6.07, 6.45) is 2.77. The van der Waals surface area contributed by atoms with Crippen molar-refractivity contribution in [2.75, 3.05) is 12.0 Å². The molecule has 1 aromatic rings. The molecule has 5 nitrogen and oxygen atoms in total. The van der Waals surface area contributed by atoms with E-state index >= 15 is 0 Å². The van der Waals surface area contributed by atoms with Gasteiger partial charge in [-0.3, -0.25) is 16.3 Å². The standard InChI is InChI=1S/C8H13N3O2S/c1-14(12,13)6-8(11-9)7-4-2-3-5-10-7/h2-5,8,11H,6,9H2,1H3. The predicted molar refractivity (Wildman–Crippen MR) is 54.0 cm³/mol. The van der Waals surface area contributed by atoms with Gasteiger partial charge >= 0.3 is 0 Å². The van der Waals surface area contributed by atoms with Crippen molar-refractivity contribution in [1.29, 1.82) is 0 Å². The minimum atomic E-state index is -3.07. The summed E-state index contributed by atoms with van der Waals surface area (Å²) in [5.74, 6) is 5.20. The lowest BCUT2D eigenvalue weighted by Gasteiger charge is -2.13. The lowest BCUT2D eigenvalue weighted by atomic mass is 10.2. The number of sulfone groups is 1. The summed E-state index contributed by atoms with van der Waals surface area (Å²) >= 11 is 0. The van der Waals surface area contributed by atoms with Gasteiger partial charge in [0.1, 0.15) is 9.84 Å². The zero-order valence-corrected chi connectivity index (χ0v) is 8.66. The minimum absolute atomic E-state index is 0.0550. The van der Waals surface area contributed by atoms with Crippen molar-refractivity contribution in [3.05, 3.63) is 30.1 Å². The van der Waals surface area contributed by atoms with Crippen LogP contribution < -0.4 is 11.3 Å². The van der Waals surface area contributed by atoms with E-state index in [2.05, 4.69) is 10.4 Å². The Morgan fingerprint density at radius 2 is 2.29 bits per heavy atom. The molecule has 0 aliphatic heterocycles. The SMILES string of the molecule is CS(=O)(=O)CC(NN)c1ccccn1. The van der Waals surface area contributed by atoms with Crippen LogP contribution in [0.1, 0.15) is 11.7 Å². The second kappa shape index (κ2) is 4.50. The summed E-state index contributed by atoms with van der Waals surface area (Å²) in [6.45, 7) is 0. The van der Waals surface area contributed by atoms with Gasteiger partial charge in [-0.15, -0.1) is 0 Å². The van der Waals surface area contributed by atoms with Gasteiger partial charge in [0.2, 0.25) is 0 Å². The number of nitrogens with one attached hydrogen (secondary N) is 1. The van der Waals surface area contributed by atoms with E-state index in [1.165, 1.54) is 6.26 Å². The Balaban J connectivity index is 2.84. The molecule has 1 unspecified atom stereocenters. The molecule has 0 spiro atoms. The van der Waals surface area contributed by atoms with Crippen LogP contribution in [0.2, 0.25) is 0 Å². The lowest BCUT2D eigenvalue weighted by molar-refractivity contribution is 0.556. The highest BCUT2D eigenvalue weighted by atomic mass is 32.2. The Labute approximate surface area is 83.2 Å². The fourth-order valence-electron chi connectivity index (χ4n) is 1.10. The predicted octanol–water partition coefficient (Wildman–Crippen LogP) is -0.369. The number of aromatic nitrogens is 1. The quantitative estimate of drug-likeness (QED) is 0.529. The molecular weight excluding hydrogens is 202 g/mol. The van der Waals surface area contributed by atoms with E-state index in [0.29, 0.717) is 5.69 Å². The fourth-order valence-corrected chi connectivity index (χ4v) is 1.98.